The summed E-state index contributed by atoms with van der Waals surface area (Å²) in [7, 11) is 0. The van der Waals surface area contributed by atoms with E-state index >= 15 is 0 Å². The van der Waals surface area contributed by atoms with Gasteiger partial charge in [-0.2, -0.15) is 5.26 Å². The van der Waals surface area contributed by atoms with E-state index in [9.17, 15) is 4.79 Å². The van der Waals surface area contributed by atoms with Crippen LogP contribution >= 0.6 is 0 Å². The average molecular weight is 157 g/mol. The molecule has 0 fully saturated rings. The summed E-state index contributed by atoms with van der Waals surface area (Å²) in [4.78, 5) is 10.9. The summed E-state index contributed by atoms with van der Waals surface area (Å²) in [5.41, 5.74) is -1.41. The first kappa shape index (κ1) is 9.92. The number of carbonyl (C=O) groups is 1. The predicted octanol–water partition coefficient (Wildman–Crippen LogP) is 0.0717. The molecule has 11 heavy (non-hydrogen) atoms. The smallest absolute Gasteiger partial charge is 0.328 e. The highest BCUT2D eigenvalue weighted by atomic mass is 16.5. The monoisotopic (exact) mass is 157 g/mol. The van der Waals surface area contributed by atoms with Crippen molar-refractivity contribution in [3.63, 3.8) is 0 Å². The number of rotatable bonds is 3. The first-order chi connectivity index (χ1) is 5.10. The quantitative estimate of drug-likeness (QED) is 0.588. The highest BCUT2D eigenvalue weighted by molar-refractivity contribution is 5.79. The summed E-state index contributed by atoms with van der Waals surface area (Å²) in [6.07, 6.45) is 0. The van der Waals surface area contributed by atoms with Gasteiger partial charge < -0.3 is 9.84 Å². The summed E-state index contributed by atoms with van der Waals surface area (Å²) < 4.78 is 4.57. The molecule has 0 radical (unpaired) electrons. The van der Waals surface area contributed by atoms with Crippen molar-refractivity contribution < 1.29 is 14.6 Å². The van der Waals surface area contributed by atoms with Crippen LogP contribution in [-0.4, -0.2) is 24.3 Å². The van der Waals surface area contributed by atoms with Crippen molar-refractivity contribution in [2.45, 2.75) is 13.8 Å². The number of esters is 1. The van der Waals surface area contributed by atoms with Crippen LogP contribution in [0.15, 0.2) is 0 Å². The van der Waals surface area contributed by atoms with E-state index in [0.29, 0.717) is 0 Å². The fourth-order valence-electron chi connectivity index (χ4n) is 0.436. The maximum absolute atomic E-state index is 10.9. The Morgan fingerprint density at radius 3 is 2.64 bits per heavy atom. The highest BCUT2D eigenvalue weighted by Crippen LogP contribution is 2.15. The summed E-state index contributed by atoms with van der Waals surface area (Å²) >= 11 is 0. The Hall–Kier alpha value is -1.08. The van der Waals surface area contributed by atoms with Crippen LogP contribution in [0.25, 0.3) is 0 Å². The first-order valence-electron chi connectivity index (χ1n) is 3.30. The minimum Gasteiger partial charge on any atom is -0.465 e. The van der Waals surface area contributed by atoms with E-state index in [1.807, 2.05) is 0 Å². The third-order valence-electron chi connectivity index (χ3n) is 1.29. The largest absolute Gasteiger partial charge is 0.465 e. The molecule has 0 saturated carbocycles. The maximum Gasteiger partial charge on any atom is 0.328 e. The molecule has 0 unspecified atom stereocenters. The molecule has 0 aliphatic carbocycles. The van der Waals surface area contributed by atoms with Crippen LogP contribution in [-0.2, 0) is 9.53 Å². The average Bonchev–Trinajstić information content (AvgIpc) is 2.03. The van der Waals surface area contributed by atoms with E-state index in [2.05, 4.69) is 4.74 Å². The van der Waals surface area contributed by atoms with E-state index in [-0.39, 0.29) is 6.61 Å². The van der Waals surface area contributed by atoms with E-state index in [1.54, 1.807) is 13.0 Å². The van der Waals surface area contributed by atoms with Gasteiger partial charge in [0.1, 0.15) is 0 Å². The predicted molar refractivity (Wildman–Crippen MR) is 37.4 cm³/mol. The molecule has 1 N–H and O–H groups in total. The zero-order chi connectivity index (χ0) is 8.91. The van der Waals surface area contributed by atoms with Crippen LogP contribution in [0.1, 0.15) is 13.8 Å². The number of nitriles is 1. The molecular formula is C7H11NO3. The van der Waals surface area contributed by atoms with Gasteiger partial charge in [-0.05, 0) is 13.8 Å². The molecule has 0 saturated heterocycles. The molecule has 0 aliphatic heterocycles. The van der Waals surface area contributed by atoms with E-state index in [4.69, 9.17) is 10.4 Å². The van der Waals surface area contributed by atoms with Crippen molar-refractivity contribution in [1.82, 2.24) is 0 Å². The van der Waals surface area contributed by atoms with Gasteiger partial charge >= 0.3 is 5.97 Å². The van der Waals surface area contributed by atoms with Gasteiger partial charge in [-0.3, -0.25) is 4.79 Å². The van der Waals surface area contributed by atoms with Crippen molar-refractivity contribution in [3.8, 4) is 6.07 Å². The fourth-order valence-corrected chi connectivity index (χ4v) is 0.436. The second kappa shape index (κ2) is 3.94. The Morgan fingerprint density at radius 2 is 2.36 bits per heavy atom. The lowest BCUT2D eigenvalue weighted by molar-refractivity contribution is -0.152. The van der Waals surface area contributed by atoms with Gasteiger partial charge in [0.15, 0.2) is 5.41 Å². The lowest BCUT2D eigenvalue weighted by Gasteiger charge is -2.15. The molecule has 1 atom stereocenters. The highest BCUT2D eigenvalue weighted by Gasteiger charge is 2.34. The second-order valence-electron chi connectivity index (χ2n) is 2.32. The van der Waals surface area contributed by atoms with Gasteiger partial charge in [0.05, 0.1) is 19.3 Å². The number of hydrogen-bond donors (Lipinski definition) is 1. The summed E-state index contributed by atoms with van der Waals surface area (Å²) in [5.74, 6) is -0.676. The number of hydrogen-bond acceptors (Lipinski definition) is 4. The molecule has 62 valence electrons. The molecule has 0 aromatic heterocycles. The van der Waals surface area contributed by atoms with E-state index < -0.39 is 18.0 Å². The Labute approximate surface area is 65.4 Å². The summed E-state index contributed by atoms with van der Waals surface area (Å²) in [6, 6.07) is 1.69. The third kappa shape index (κ3) is 2.20. The van der Waals surface area contributed by atoms with E-state index in [0.717, 1.165) is 0 Å². The van der Waals surface area contributed by atoms with Crippen LogP contribution < -0.4 is 0 Å². The molecule has 0 heterocycles. The Kier molecular flexibility index (Phi) is 3.55. The molecule has 4 nitrogen and oxygen atoms in total. The van der Waals surface area contributed by atoms with Crippen LogP contribution in [0.5, 0.6) is 0 Å². The topological polar surface area (TPSA) is 70.3 Å². The minimum absolute atomic E-state index is 0.218. The zero-order valence-corrected chi connectivity index (χ0v) is 6.63. The SMILES string of the molecule is CCOC(=O)[C@](C)(C#N)CO. The van der Waals surface area contributed by atoms with Crippen molar-refractivity contribution in [3.05, 3.63) is 0 Å². The second-order valence-corrected chi connectivity index (χ2v) is 2.32. The number of carbonyl (C=O) groups excluding carboxylic acids is 1. The molecule has 0 amide bonds. The molecule has 0 aromatic carbocycles. The fraction of sp³-hybridized carbons (Fsp3) is 0.714. The minimum atomic E-state index is -1.41. The van der Waals surface area contributed by atoms with Crippen LogP contribution in [0.4, 0.5) is 0 Å². The van der Waals surface area contributed by atoms with Crippen molar-refractivity contribution in [1.29, 1.82) is 5.26 Å². The Balaban J connectivity index is 4.28. The van der Waals surface area contributed by atoms with Gasteiger partial charge in [-0.15, -0.1) is 0 Å². The van der Waals surface area contributed by atoms with Crippen LogP contribution in [0.3, 0.4) is 0 Å². The maximum atomic E-state index is 10.9. The van der Waals surface area contributed by atoms with Gasteiger partial charge in [0.25, 0.3) is 0 Å². The van der Waals surface area contributed by atoms with Gasteiger partial charge in [-0.25, -0.2) is 0 Å². The van der Waals surface area contributed by atoms with Crippen LogP contribution in [0, 0.1) is 16.7 Å². The van der Waals surface area contributed by atoms with Crippen molar-refractivity contribution in [2.24, 2.45) is 5.41 Å². The lowest BCUT2D eigenvalue weighted by atomic mass is 9.94. The Morgan fingerprint density at radius 1 is 1.82 bits per heavy atom. The molecule has 0 aromatic rings. The van der Waals surface area contributed by atoms with E-state index in [1.165, 1.54) is 6.92 Å². The number of aliphatic hydroxyl groups excluding tert-OH is 1. The molecule has 4 heteroatoms. The van der Waals surface area contributed by atoms with Gasteiger partial charge in [-0.1, -0.05) is 0 Å². The summed E-state index contributed by atoms with van der Waals surface area (Å²) in [6.45, 7) is 2.69. The lowest BCUT2D eigenvalue weighted by Crippen LogP contribution is -2.31. The number of aliphatic hydroxyl groups is 1. The van der Waals surface area contributed by atoms with Gasteiger partial charge in [0, 0.05) is 0 Å². The third-order valence-corrected chi connectivity index (χ3v) is 1.29. The van der Waals surface area contributed by atoms with Gasteiger partial charge in [0.2, 0.25) is 0 Å². The molecule has 0 bridgehead atoms. The zero-order valence-electron chi connectivity index (χ0n) is 6.63. The normalized spacial score (nSPS) is 14.7. The molecule has 0 rings (SSSR count). The summed E-state index contributed by atoms with van der Waals surface area (Å²) in [5, 5.41) is 17.1. The van der Waals surface area contributed by atoms with Crippen molar-refractivity contribution >= 4 is 5.97 Å². The van der Waals surface area contributed by atoms with Crippen molar-refractivity contribution in [2.75, 3.05) is 13.2 Å². The van der Waals surface area contributed by atoms with Crippen LogP contribution in [0.2, 0.25) is 0 Å². The Bertz CT molecular complexity index is 185. The molecular weight excluding hydrogens is 146 g/mol. The first-order valence-corrected chi connectivity index (χ1v) is 3.30. The number of ether oxygens (including phenoxy) is 1. The molecule has 0 aliphatic rings. The standard InChI is InChI=1S/C7H11NO3/c1-3-11-6(10)7(2,4-8)5-9/h9H,3,5H2,1-2H3/t7-/m1/s1. The molecule has 0 spiro atoms. The number of nitrogens with zero attached hydrogens (tertiary/aromatic N) is 1.